The molecule has 2 amide bonds. The molecule has 0 radical (unpaired) electrons. The van der Waals surface area contributed by atoms with Crippen LogP contribution in [0.4, 0.5) is 14.9 Å². The zero-order chi connectivity index (χ0) is 15.1. The first-order valence-electron chi connectivity index (χ1n) is 7.10. The topological polar surface area (TPSA) is 48.1 Å². The molecule has 0 aliphatic carbocycles. The molecule has 3 aromatic rings. The summed E-state index contributed by atoms with van der Waals surface area (Å²) >= 11 is 0. The molecular weight excluding hydrogens is 281 g/mol. The van der Waals surface area contributed by atoms with Crippen LogP contribution in [0.2, 0.25) is 0 Å². The molecule has 0 atom stereocenters. The summed E-state index contributed by atoms with van der Waals surface area (Å²) in [4.78, 5) is 17.2. The van der Waals surface area contributed by atoms with Gasteiger partial charge < -0.3 is 15.2 Å². The summed E-state index contributed by atoms with van der Waals surface area (Å²) in [5.74, 6) is -0.266. The van der Waals surface area contributed by atoms with Gasteiger partial charge in [0.2, 0.25) is 0 Å². The maximum absolute atomic E-state index is 13.2. The van der Waals surface area contributed by atoms with Crippen LogP contribution in [0.25, 0.3) is 10.9 Å². The van der Waals surface area contributed by atoms with Crippen LogP contribution in [0.1, 0.15) is 11.1 Å². The summed E-state index contributed by atoms with van der Waals surface area (Å²) in [6, 6.07) is 12.3. The molecule has 0 saturated heterocycles. The lowest BCUT2D eigenvalue weighted by atomic mass is 10.1. The number of anilines is 1. The van der Waals surface area contributed by atoms with Crippen LogP contribution in [0.3, 0.4) is 0 Å². The van der Waals surface area contributed by atoms with Crippen LogP contribution in [-0.2, 0) is 13.1 Å². The van der Waals surface area contributed by atoms with Crippen molar-refractivity contribution < 1.29 is 9.18 Å². The number of rotatable bonds is 1. The highest BCUT2D eigenvalue weighted by atomic mass is 19.1. The van der Waals surface area contributed by atoms with Gasteiger partial charge in [0.1, 0.15) is 5.82 Å². The number of hydrogen-bond donors (Lipinski definition) is 2. The highest BCUT2D eigenvalue weighted by Gasteiger charge is 2.24. The largest absolute Gasteiger partial charge is 0.359 e. The Kier molecular flexibility index (Phi) is 2.85. The minimum absolute atomic E-state index is 0.179. The Bertz CT molecular complexity index is 871. The molecule has 1 aromatic heterocycles. The van der Waals surface area contributed by atoms with E-state index in [1.165, 1.54) is 12.1 Å². The maximum Gasteiger partial charge on any atom is 0.322 e. The van der Waals surface area contributed by atoms with Crippen molar-refractivity contribution in [2.45, 2.75) is 13.1 Å². The second-order valence-corrected chi connectivity index (χ2v) is 5.45. The van der Waals surface area contributed by atoms with Crippen LogP contribution < -0.4 is 5.32 Å². The van der Waals surface area contributed by atoms with Gasteiger partial charge in [-0.2, -0.15) is 0 Å². The second kappa shape index (κ2) is 4.87. The van der Waals surface area contributed by atoms with E-state index in [4.69, 9.17) is 0 Å². The summed E-state index contributed by atoms with van der Waals surface area (Å²) in [7, 11) is 0. The number of para-hydroxylation sites is 1. The molecule has 5 heteroatoms. The summed E-state index contributed by atoms with van der Waals surface area (Å²) in [5.41, 5.74) is 3.59. The Morgan fingerprint density at radius 3 is 2.86 bits per heavy atom. The van der Waals surface area contributed by atoms with Crippen molar-refractivity contribution in [2.24, 2.45) is 0 Å². The number of aromatic amines is 1. The summed E-state index contributed by atoms with van der Waals surface area (Å²) in [6.07, 6.45) is 1.78. The number of carbonyl (C=O) groups excluding carboxylic acids is 1. The Balaban J connectivity index is 1.54. The quantitative estimate of drug-likeness (QED) is 0.703. The number of benzene rings is 2. The molecule has 2 heterocycles. The lowest BCUT2D eigenvalue weighted by molar-refractivity contribution is 0.212. The van der Waals surface area contributed by atoms with E-state index in [2.05, 4.69) is 10.3 Å². The molecule has 1 aliphatic rings. The van der Waals surface area contributed by atoms with E-state index in [0.29, 0.717) is 13.1 Å². The van der Waals surface area contributed by atoms with Crippen LogP contribution in [0.5, 0.6) is 0 Å². The molecular formula is C17H14FN3O. The molecule has 4 rings (SSSR count). The molecule has 1 aliphatic heterocycles. The van der Waals surface area contributed by atoms with Crippen molar-refractivity contribution in [3.8, 4) is 0 Å². The van der Waals surface area contributed by atoms with Crippen molar-refractivity contribution in [3.05, 3.63) is 65.6 Å². The molecule has 0 spiro atoms. The van der Waals surface area contributed by atoms with Crippen LogP contribution >= 0.6 is 0 Å². The van der Waals surface area contributed by atoms with Crippen molar-refractivity contribution in [2.75, 3.05) is 5.32 Å². The number of nitrogens with one attached hydrogen (secondary N) is 2. The lowest BCUT2D eigenvalue weighted by Crippen LogP contribution is -2.30. The first-order chi connectivity index (χ1) is 10.7. The zero-order valence-electron chi connectivity index (χ0n) is 11.8. The van der Waals surface area contributed by atoms with Crippen molar-refractivity contribution in [1.29, 1.82) is 0 Å². The smallest absolute Gasteiger partial charge is 0.322 e. The monoisotopic (exact) mass is 295 g/mol. The first kappa shape index (κ1) is 12.9. The average Bonchev–Trinajstić information content (AvgIpc) is 3.11. The minimum Gasteiger partial charge on any atom is -0.359 e. The van der Waals surface area contributed by atoms with E-state index in [0.717, 1.165) is 27.7 Å². The highest BCUT2D eigenvalue weighted by molar-refractivity contribution is 6.01. The number of fused-ring (bicyclic) bond motifs is 2. The number of halogens is 1. The number of carbonyl (C=O) groups is 1. The maximum atomic E-state index is 13.2. The first-order valence-corrected chi connectivity index (χ1v) is 7.10. The number of nitrogens with zero attached hydrogens (tertiary/aromatic N) is 1. The van der Waals surface area contributed by atoms with E-state index in [-0.39, 0.29) is 11.8 Å². The molecule has 2 aromatic carbocycles. The number of aromatic nitrogens is 1. The Morgan fingerprint density at radius 1 is 1.14 bits per heavy atom. The number of amides is 2. The second-order valence-electron chi connectivity index (χ2n) is 5.45. The van der Waals surface area contributed by atoms with Gasteiger partial charge in [-0.05, 0) is 29.3 Å². The fourth-order valence-corrected chi connectivity index (χ4v) is 2.88. The average molecular weight is 295 g/mol. The third-order valence-electron chi connectivity index (χ3n) is 4.01. The summed E-state index contributed by atoms with van der Waals surface area (Å²) in [5, 5.41) is 3.89. The molecule has 0 saturated carbocycles. The molecule has 0 unspecified atom stereocenters. The SMILES string of the molecule is O=C(Nc1c[nH]c2ccccc12)N1Cc2ccc(F)cc2C1. The van der Waals surface area contributed by atoms with E-state index in [1.807, 2.05) is 24.3 Å². The molecule has 0 fully saturated rings. The number of urea groups is 1. The van der Waals surface area contributed by atoms with Crippen LogP contribution in [0.15, 0.2) is 48.7 Å². The standard InChI is InChI=1S/C17H14FN3O/c18-13-6-5-11-9-21(10-12(11)7-13)17(22)20-16-8-19-15-4-2-1-3-14(15)16/h1-8,19H,9-10H2,(H,20,22). The van der Waals surface area contributed by atoms with Crippen LogP contribution in [0, 0.1) is 5.82 Å². The third-order valence-corrected chi connectivity index (χ3v) is 4.01. The van der Waals surface area contributed by atoms with Gasteiger partial charge >= 0.3 is 6.03 Å². The van der Waals surface area contributed by atoms with Gasteiger partial charge in [0.15, 0.2) is 0 Å². The molecule has 4 nitrogen and oxygen atoms in total. The van der Waals surface area contributed by atoms with Crippen molar-refractivity contribution in [1.82, 2.24) is 9.88 Å². The van der Waals surface area contributed by atoms with E-state index in [1.54, 1.807) is 17.2 Å². The van der Waals surface area contributed by atoms with Gasteiger partial charge in [0.25, 0.3) is 0 Å². The van der Waals surface area contributed by atoms with E-state index >= 15 is 0 Å². The predicted octanol–water partition coefficient (Wildman–Crippen LogP) is 3.85. The number of hydrogen-bond acceptors (Lipinski definition) is 1. The van der Waals surface area contributed by atoms with Crippen LogP contribution in [-0.4, -0.2) is 15.9 Å². The van der Waals surface area contributed by atoms with Gasteiger partial charge in [0, 0.05) is 30.2 Å². The molecule has 0 bridgehead atoms. The lowest BCUT2D eigenvalue weighted by Gasteiger charge is -2.16. The van der Waals surface area contributed by atoms with Gasteiger partial charge in [-0.1, -0.05) is 24.3 Å². The normalized spacial score (nSPS) is 13.4. The van der Waals surface area contributed by atoms with Crippen molar-refractivity contribution >= 4 is 22.6 Å². The van der Waals surface area contributed by atoms with Gasteiger partial charge in [-0.25, -0.2) is 9.18 Å². The Hall–Kier alpha value is -2.82. The Morgan fingerprint density at radius 2 is 1.95 bits per heavy atom. The minimum atomic E-state index is -0.266. The zero-order valence-corrected chi connectivity index (χ0v) is 11.8. The fraction of sp³-hybridized carbons (Fsp3) is 0.118. The van der Waals surface area contributed by atoms with Gasteiger partial charge in [-0.15, -0.1) is 0 Å². The van der Waals surface area contributed by atoms with E-state index in [9.17, 15) is 9.18 Å². The predicted molar refractivity (Wildman–Crippen MR) is 83.0 cm³/mol. The molecule has 110 valence electrons. The highest BCUT2D eigenvalue weighted by Crippen LogP contribution is 2.26. The summed E-state index contributed by atoms with van der Waals surface area (Å²) in [6.45, 7) is 0.936. The Labute approximate surface area is 126 Å². The van der Waals surface area contributed by atoms with Crippen molar-refractivity contribution in [3.63, 3.8) is 0 Å². The van der Waals surface area contributed by atoms with Gasteiger partial charge in [0.05, 0.1) is 5.69 Å². The fourth-order valence-electron chi connectivity index (χ4n) is 2.88. The van der Waals surface area contributed by atoms with Gasteiger partial charge in [-0.3, -0.25) is 0 Å². The molecule has 22 heavy (non-hydrogen) atoms. The molecule has 2 N–H and O–H groups in total. The van der Waals surface area contributed by atoms with E-state index < -0.39 is 0 Å². The summed E-state index contributed by atoms with van der Waals surface area (Å²) < 4.78 is 13.2. The third kappa shape index (κ3) is 2.11. The number of H-pyrrole nitrogens is 1.